The Morgan fingerprint density at radius 1 is 0.250 bits per heavy atom. The molecule has 0 amide bonds. The lowest BCUT2D eigenvalue weighted by atomic mass is 10.0. The van der Waals surface area contributed by atoms with Gasteiger partial charge in [0.05, 0.1) is 26.4 Å². The highest BCUT2D eigenvalue weighted by atomic mass is 31.2. The summed E-state index contributed by atoms with van der Waals surface area (Å²) in [5.41, 5.74) is 0. The van der Waals surface area contributed by atoms with Gasteiger partial charge < -0.3 is 33.8 Å². The largest absolute Gasteiger partial charge is 0.472 e. The summed E-state index contributed by atoms with van der Waals surface area (Å²) in [7, 11) is -9.92. The third kappa shape index (κ3) is 74.3. The Morgan fingerprint density at radius 3 is 0.620 bits per heavy atom. The number of rotatable bonds is 78. The first-order valence-electron chi connectivity index (χ1n) is 41.7. The average Bonchev–Trinajstić information content (AvgIpc) is 0.918. The second-order valence-electron chi connectivity index (χ2n) is 31.1. The van der Waals surface area contributed by atoms with Crippen LogP contribution in [0.2, 0.25) is 0 Å². The highest BCUT2D eigenvalue weighted by Crippen LogP contribution is 2.45. The van der Waals surface area contributed by atoms with Gasteiger partial charge in [0.15, 0.2) is 12.2 Å². The summed E-state index contributed by atoms with van der Waals surface area (Å²) in [6.07, 6.45) is 57.1. The Morgan fingerprint density at radius 2 is 0.420 bits per heavy atom. The molecule has 0 spiro atoms. The zero-order chi connectivity index (χ0) is 73.8. The van der Waals surface area contributed by atoms with Gasteiger partial charge in [-0.2, -0.15) is 0 Å². The van der Waals surface area contributed by atoms with Crippen LogP contribution in [0.3, 0.4) is 0 Å². The van der Waals surface area contributed by atoms with E-state index in [-0.39, 0.29) is 25.7 Å². The predicted molar refractivity (Wildman–Crippen MR) is 409 cm³/mol. The molecule has 100 heavy (non-hydrogen) atoms. The van der Waals surface area contributed by atoms with E-state index < -0.39 is 97.5 Å². The predicted octanol–water partition coefficient (Wildman–Crippen LogP) is 24.0. The highest BCUT2D eigenvalue weighted by molar-refractivity contribution is 7.47. The third-order valence-corrected chi connectivity index (χ3v) is 20.7. The van der Waals surface area contributed by atoms with Crippen LogP contribution in [0.1, 0.15) is 415 Å². The summed E-state index contributed by atoms with van der Waals surface area (Å²) >= 11 is 0. The first-order chi connectivity index (χ1) is 48.1. The van der Waals surface area contributed by atoms with Gasteiger partial charge in [0.2, 0.25) is 0 Å². The smallest absolute Gasteiger partial charge is 0.462 e. The Labute approximate surface area is 613 Å². The first-order valence-corrected chi connectivity index (χ1v) is 44.7. The summed E-state index contributed by atoms with van der Waals surface area (Å²) in [6, 6.07) is 0. The van der Waals surface area contributed by atoms with E-state index in [1.165, 1.54) is 212 Å². The molecular formula is C81H158O17P2. The van der Waals surface area contributed by atoms with Gasteiger partial charge in [0.1, 0.15) is 19.3 Å². The van der Waals surface area contributed by atoms with Crippen molar-refractivity contribution in [3.05, 3.63) is 0 Å². The summed E-state index contributed by atoms with van der Waals surface area (Å²) in [5, 5.41) is 10.6. The fourth-order valence-corrected chi connectivity index (χ4v) is 14.0. The summed E-state index contributed by atoms with van der Waals surface area (Å²) in [6.45, 7) is 14.2. The number of carbonyl (C=O) groups excluding carboxylic acids is 4. The standard InChI is InChI=1S/C81H158O17P2/c1-71(2)57-49-41-33-27-21-17-13-11-9-10-12-14-20-24-31-37-47-55-63-80(85)98-77(68-92-79(84)62-54-46-40-39-44-52-60-74(7)8)70-96-100(89,90)94-66-75(82)65-93-99(87,88)95-69-76(97-81(86)64-56-48-38-32-26-25-29-35-43-51-59-73(5)6)67-91-78(83)61-53-45-36-30-23-19-16-15-18-22-28-34-42-50-58-72(3)4/h71-77,82H,9-70H2,1-8H3,(H,87,88)(H,89,90)/t75?,76-,77-/m1/s1. The minimum absolute atomic E-state index is 0.106. The molecule has 0 radical (unpaired) electrons. The van der Waals surface area contributed by atoms with Gasteiger partial charge in [0, 0.05) is 25.7 Å². The number of phosphoric ester groups is 2. The SMILES string of the molecule is CC(C)CCCCCCCCCCCCCCCCCCCCC(=O)O[C@H](COC(=O)CCCCCCCCC(C)C)COP(=O)(O)OCC(O)COP(=O)(O)OC[C@@H](COC(=O)CCCCCCCCCCCCCCCCC(C)C)OC(=O)CCCCCCCCCCCCC(C)C. The van der Waals surface area contributed by atoms with Crippen molar-refractivity contribution in [2.45, 2.75) is 433 Å². The van der Waals surface area contributed by atoms with Crippen molar-refractivity contribution in [1.82, 2.24) is 0 Å². The topological polar surface area (TPSA) is 237 Å². The average molecular weight is 1470 g/mol. The maximum Gasteiger partial charge on any atom is 0.472 e. The molecule has 0 aliphatic heterocycles. The number of carbonyl (C=O) groups is 4. The molecule has 5 atom stereocenters. The van der Waals surface area contributed by atoms with Crippen molar-refractivity contribution in [2.24, 2.45) is 23.7 Å². The van der Waals surface area contributed by atoms with E-state index in [4.69, 9.17) is 37.0 Å². The van der Waals surface area contributed by atoms with Crippen molar-refractivity contribution in [2.75, 3.05) is 39.6 Å². The summed E-state index contributed by atoms with van der Waals surface area (Å²) in [4.78, 5) is 73.0. The molecule has 0 aromatic carbocycles. The molecule has 0 rings (SSSR count). The maximum absolute atomic E-state index is 13.1. The fourth-order valence-electron chi connectivity index (χ4n) is 12.4. The lowest BCUT2D eigenvalue weighted by Gasteiger charge is -2.21. The molecule has 0 heterocycles. The van der Waals surface area contributed by atoms with E-state index in [1.54, 1.807) is 0 Å². The zero-order valence-corrected chi connectivity index (χ0v) is 67.6. The molecule has 0 saturated carbocycles. The molecule has 3 unspecified atom stereocenters. The van der Waals surface area contributed by atoms with Gasteiger partial charge in [-0.25, -0.2) is 9.13 Å². The number of ether oxygens (including phenoxy) is 4. The second kappa shape index (κ2) is 70.1. The molecule has 3 N–H and O–H groups in total. The Balaban J connectivity index is 5.17. The van der Waals surface area contributed by atoms with Gasteiger partial charge in [0.25, 0.3) is 0 Å². The minimum Gasteiger partial charge on any atom is -0.462 e. The van der Waals surface area contributed by atoms with Crippen LogP contribution in [0.15, 0.2) is 0 Å². The number of esters is 4. The van der Waals surface area contributed by atoms with Gasteiger partial charge in [-0.05, 0) is 49.4 Å². The Bertz CT molecular complexity index is 1950. The lowest BCUT2D eigenvalue weighted by molar-refractivity contribution is -0.161. The Kier molecular flexibility index (Phi) is 68.7. The van der Waals surface area contributed by atoms with Gasteiger partial charge >= 0.3 is 39.5 Å². The molecule has 17 nitrogen and oxygen atoms in total. The fraction of sp³-hybridized carbons (Fsp3) is 0.951. The molecule has 19 heteroatoms. The van der Waals surface area contributed by atoms with E-state index in [2.05, 4.69) is 55.4 Å². The lowest BCUT2D eigenvalue weighted by Crippen LogP contribution is -2.30. The molecule has 0 aromatic rings. The quantitative estimate of drug-likeness (QED) is 0.0222. The number of phosphoric acid groups is 2. The molecule has 0 aromatic heterocycles. The summed E-state index contributed by atoms with van der Waals surface area (Å²) in [5.74, 6) is 0.934. The number of hydrogen-bond acceptors (Lipinski definition) is 15. The maximum atomic E-state index is 13.1. The molecular weight excluding hydrogens is 1310 g/mol. The highest BCUT2D eigenvalue weighted by Gasteiger charge is 2.30. The van der Waals surface area contributed by atoms with Crippen LogP contribution in [-0.2, 0) is 65.4 Å². The van der Waals surface area contributed by atoms with E-state index in [1.807, 2.05) is 0 Å². The van der Waals surface area contributed by atoms with E-state index in [0.29, 0.717) is 31.6 Å². The van der Waals surface area contributed by atoms with Crippen molar-refractivity contribution >= 4 is 39.5 Å². The minimum atomic E-state index is -4.96. The van der Waals surface area contributed by atoms with E-state index in [9.17, 15) is 43.2 Å². The van der Waals surface area contributed by atoms with Crippen LogP contribution in [0, 0.1) is 23.7 Å². The molecule has 0 bridgehead atoms. The number of aliphatic hydroxyl groups is 1. The zero-order valence-electron chi connectivity index (χ0n) is 65.8. The van der Waals surface area contributed by atoms with Crippen molar-refractivity contribution < 1.29 is 80.2 Å². The Hall–Kier alpha value is -1.94. The van der Waals surface area contributed by atoms with E-state index in [0.717, 1.165) is 114 Å². The number of unbranched alkanes of at least 4 members (excludes halogenated alkanes) is 44. The van der Waals surface area contributed by atoms with Crippen molar-refractivity contribution in [3.8, 4) is 0 Å². The first kappa shape index (κ1) is 98.1. The molecule has 0 aliphatic rings. The second-order valence-corrected chi connectivity index (χ2v) is 34.0. The van der Waals surface area contributed by atoms with Gasteiger partial charge in [-0.3, -0.25) is 37.3 Å². The monoisotopic (exact) mass is 1470 g/mol. The van der Waals surface area contributed by atoms with Gasteiger partial charge in [-0.1, -0.05) is 364 Å². The molecule has 0 aliphatic carbocycles. The molecule has 0 fully saturated rings. The summed E-state index contributed by atoms with van der Waals surface area (Å²) < 4.78 is 68.7. The number of aliphatic hydroxyl groups excluding tert-OH is 1. The third-order valence-electron chi connectivity index (χ3n) is 18.8. The van der Waals surface area contributed by atoms with Crippen LogP contribution in [-0.4, -0.2) is 96.7 Å². The molecule has 0 saturated heterocycles. The van der Waals surface area contributed by atoms with E-state index >= 15 is 0 Å². The normalized spacial score (nSPS) is 14.0. The number of hydrogen-bond donors (Lipinski definition) is 3. The van der Waals surface area contributed by atoms with Crippen molar-refractivity contribution in [3.63, 3.8) is 0 Å². The van der Waals surface area contributed by atoms with Crippen LogP contribution >= 0.6 is 15.6 Å². The molecule has 594 valence electrons. The van der Waals surface area contributed by atoms with Crippen molar-refractivity contribution in [1.29, 1.82) is 0 Å². The van der Waals surface area contributed by atoms with Crippen LogP contribution in [0.5, 0.6) is 0 Å². The van der Waals surface area contributed by atoms with Crippen LogP contribution in [0.25, 0.3) is 0 Å². The van der Waals surface area contributed by atoms with Crippen LogP contribution in [0.4, 0.5) is 0 Å². The van der Waals surface area contributed by atoms with Crippen LogP contribution < -0.4 is 0 Å². The van der Waals surface area contributed by atoms with Gasteiger partial charge in [-0.15, -0.1) is 0 Å².